The molecule has 1 N–H and O–H groups in total. The van der Waals surface area contributed by atoms with E-state index in [1.807, 2.05) is 35.1 Å². The van der Waals surface area contributed by atoms with Crippen LogP contribution in [0.1, 0.15) is 50.5 Å². The maximum atomic E-state index is 13.2. The molecule has 4 fully saturated rings. The van der Waals surface area contributed by atoms with Gasteiger partial charge in [0.15, 0.2) is 5.82 Å². The van der Waals surface area contributed by atoms with Gasteiger partial charge in [-0.1, -0.05) is 29.8 Å². The topological polar surface area (TPSA) is 108 Å². The van der Waals surface area contributed by atoms with Crippen molar-refractivity contribution in [1.82, 2.24) is 19.6 Å². The van der Waals surface area contributed by atoms with Gasteiger partial charge in [-0.15, -0.1) is 0 Å². The molecule has 36 heavy (non-hydrogen) atoms. The van der Waals surface area contributed by atoms with Gasteiger partial charge in [0.25, 0.3) is 0 Å². The van der Waals surface area contributed by atoms with Crippen molar-refractivity contribution < 1.29 is 9.72 Å². The number of nitro groups is 1. The molecule has 2 unspecified atom stereocenters. The van der Waals surface area contributed by atoms with Crippen molar-refractivity contribution in [2.45, 2.75) is 57.0 Å². The quantitative estimate of drug-likeness (QED) is 0.285. The fourth-order valence-corrected chi connectivity index (χ4v) is 8.05. The predicted molar refractivity (Wildman–Crippen MR) is 138 cm³/mol. The Bertz CT molecular complexity index is 1340. The summed E-state index contributed by atoms with van der Waals surface area (Å²) in [5.74, 6) is 1.36. The Balaban J connectivity index is 1.17. The summed E-state index contributed by atoms with van der Waals surface area (Å²) in [6.07, 6.45) is 9.95. The Kier molecular flexibility index (Phi) is 5.71. The molecule has 0 spiro atoms. The third kappa shape index (κ3) is 4.24. The second kappa shape index (κ2) is 8.69. The van der Waals surface area contributed by atoms with Crippen LogP contribution in [-0.4, -0.2) is 30.4 Å². The van der Waals surface area contributed by atoms with Crippen molar-refractivity contribution >= 4 is 45.1 Å². The summed E-state index contributed by atoms with van der Waals surface area (Å²) in [5, 5.41) is 24.0. The van der Waals surface area contributed by atoms with Gasteiger partial charge in [0.05, 0.1) is 23.4 Å². The van der Waals surface area contributed by atoms with E-state index in [1.165, 1.54) is 6.42 Å². The lowest BCUT2D eigenvalue weighted by molar-refractivity contribution is -0.390. The van der Waals surface area contributed by atoms with E-state index in [1.54, 1.807) is 16.9 Å². The minimum atomic E-state index is -0.449. The predicted octanol–water partition coefficient (Wildman–Crippen LogP) is 5.78. The molecule has 11 heteroatoms. The van der Waals surface area contributed by atoms with Crippen LogP contribution in [0.3, 0.4) is 0 Å². The molecule has 4 aliphatic carbocycles. The zero-order valence-corrected chi connectivity index (χ0v) is 21.9. The van der Waals surface area contributed by atoms with E-state index < -0.39 is 4.92 Å². The molecule has 4 bridgehead atoms. The largest absolute Gasteiger partial charge is 0.404 e. The SMILES string of the molecule is O=C(CC12CC3CC(C1)CC(n1cc(Br)c([N+](=O)[O-])n1)(C3)C2)Nc1ccn(Cc2ccccc2Cl)n1. The molecule has 1 aromatic carbocycles. The average molecular weight is 574 g/mol. The van der Waals surface area contributed by atoms with Crippen LogP contribution in [0.5, 0.6) is 0 Å². The summed E-state index contributed by atoms with van der Waals surface area (Å²) in [6.45, 7) is 0.525. The van der Waals surface area contributed by atoms with Gasteiger partial charge in [-0.25, -0.2) is 0 Å². The Morgan fingerprint density at radius 3 is 2.64 bits per heavy atom. The molecule has 2 atom stereocenters. The van der Waals surface area contributed by atoms with Gasteiger partial charge in [-0.3, -0.25) is 9.48 Å². The Hall–Kier alpha value is -2.72. The summed E-state index contributed by atoms with van der Waals surface area (Å²) in [5.41, 5.74) is 0.573. The number of hydrogen-bond acceptors (Lipinski definition) is 5. The second-order valence-corrected chi connectivity index (χ2v) is 12.2. The zero-order chi connectivity index (χ0) is 25.1. The van der Waals surface area contributed by atoms with Crippen molar-refractivity contribution in [2.75, 3.05) is 5.32 Å². The average Bonchev–Trinajstić information content (AvgIpc) is 3.40. The van der Waals surface area contributed by atoms with E-state index in [0.717, 1.165) is 37.7 Å². The molecule has 9 nitrogen and oxygen atoms in total. The standard InChI is InChI=1S/C25H26BrClN6O3/c26-19-14-32(30-23(19)33(35)36)25-10-16-7-17(11-25)9-24(8-16,15-25)12-22(34)28-21-5-6-31(29-21)13-18-3-1-2-4-20(18)27/h1-6,14,16-17H,7-13,15H2,(H,28,29,34). The lowest BCUT2D eigenvalue weighted by Gasteiger charge is -2.61. The fraction of sp³-hybridized carbons (Fsp3) is 0.480. The van der Waals surface area contributed by atoms with Gasteiger partial charge in [0.2, 0.25) is 5.91 Å². The molecule has 0 saturated heterocycles. The third-order valence-electron chi connectivity index (χ3n) is 8.20. The van der Waals surface area contributed by atoms with E-state index in [9.17, 15) is 14.9 Å². The number of carbonyl (C=O) groups is 1. The molecule has 2 heterocycles. The van der Waals surface area contributed by atoms with Crippen molar-refractivity contribution in [3.8, 4) is 0 Å². The third-order valence-corrected chi connectivity index (χ3v) is 9.12. The van der Waals surface area contributed by atoms with Gasteiger partial charge in [-0.2, -0.15) is 9.78 Å². The molecule has 0 radical (unpaired) electrons. The molecular weight excluding hydrogens is 548 g/mol. The minimum absolute atomic E-state index is 0.0391. The highest BCUT2D eigenvalue weighted by Crippen LogP contribution is 2.65. The molecule has 0 aliphatic heterocycles. The first kappa shape index (κ1) is 23.7. The number of carbonyl (C=O) groups excluding carboxylic acids is 1. The smallest absolute Gasteiger partial charge is 0.358 e. The monoisotopic (exact) mass is 572 g/mol. The maximum Gasteiger partial charge on any atom is 0.404 e. The van der Waals surface area contributed by atoms with E-state index in [0.29, 0.717) is 40.1 Å². The van der Waals surface area contributed by atoms with Crippen molar-refractivity contribution in [2.24, 2.45) is 17.3 Å². The lowest BCUT2D eigenvalue weighted by Crippen LogP contribution is -2.57. The summed E-state index contributed by atoms with van der Waals surface area (Å²) >= 11 is 9.57. The van der Waals surface area contributed by atoms with Gasteiger partial charge in [0, 0.05) is 23.7 Å². The van der Waals surface area contributed by atoms with E-state index in [2.05, 4.69) is 31.4 Å². The molecule has 3 aromatic rings. The van der Waals surface area contributed by atoms with Crippen LogP contribution >= 0.6 is 27.5 Å². The number of hydrogen-bond donors (Lipinski definition) is 1. The lowest BCUT2D eigenvalue weighted by atomic mass is 9.46. The summed E-state index contributed by atoms with van der Waals surface area (Å²) < 4.78 is 4.00. The normalized spacial score (nSPS) is 28.4. The maximum absolute atomic E-state index is 13.2. The number of halogens is 2. The van der Waals surface area contributed by atoms with Crippen LogP contribution in [0.2, 0.25) is 5.02 Å². The fourth-order valence-electron chi connectivity index (χ4n) is 7.43. The van der Waals surface area contributed by atoms with E-state index >= 15 is 0 Å². The number of nitrogens with one attached hydrogen (secondary N) is 1. The number of anilines is 1. The first-order chi connectivity index (χ1) is 17.2. The van der Waals surface area contributed by atoms with Gasteiger partial charge < -0.3 is 15.4 Å². The van der Waals surface area contributed by atoms with Crippen LogP contribution in [-0.2, 0) is 16.9 Å². The molecule has 188 valence electrons. The number of nitrogens with zero attached hydrogens (tertiary/aromatic N) is 5. The number of benzene rings is 1. The second-order valence-electron chi connectivity index (χ2n) is 10.9. The molecule has 4 aliphatic rings. The Morgan fingerprint density at radius 1 is 1.19 bits per heavy atom. The van der Waals surface area contributed by atoms with Crippen molar-refractivity contribution in [3.63, 3.8) is 0 Å². The van der Waals surface area contributed by atoms with Crippen LogP contribution in [0.4, 0.5) is 11.6 Å². The summed E-state index contributed by atoms with van der Waals surface area (Å²) in [7, 11) is 0. The van der Waals surface area contributed by atoms with Crippen molar-refractivity contribution in [1.29, 1.82) is 0 Å². The van der Waals surface area contributed by atoms with Crippen molar-refractivity contribution in [3.05, 3.63) is 67.9 Å². The van der Waals surface area contributed by atoms with Crippen LogP contribution in [0, 0.1) is 27.4 Å². The van der Waals surface area contributed by atoms with E-state index in [4.69, 9.17) is 11.6 Å². The molecule has 7 rings (SSSR count). The van der Waals surface area contributed by atoms with Crippen LogP contribution < -0.4 is 5.32 Å². The molecular formula is C25H26BrClN6O3. The first-order valence-electron chi connectivity index (χ1n) is 12.2. The van der Waals surface area contributed by atoms with Crippen LogP contribution in [0.25, 0.3) is 0 Å². The van der Waals surface area contributed by atoms with Gasteiger partial charge in [-0.05, 0) is 88.3 Å². The first-order valence-corrected chi connectivity index (χ1v) is 13.4. The summed E-state index contributed by atoms with van der Waals surface area (Å²) in [4.78, 5) is 24.2. The van der Waals surface area contributed by atoms with Gasteiger partial charge >= 0.3 is 5.82 Å². The minimum Gasteiger partial charge on any atom is -0.358 e. The van der Waals surface area contributed by atoms with E-state index in [-0.39, 0.29) is 22.7 Å². The number of aromatic nitrogens is 4. The van der Waals surface area contributed by atoms with Crippen LogP contribution in [0.15, 0.2) is 47.2 Å². The number of amides is 1. The molecule has 4 saturated carbocycles. The molecule has 1 amide bonds. The highest BCUT2D eigenvalue weighted by atomic mass is 79.9. The highest BCUT2D eigenvalue weighted by molar-refractivity contribution is 9.10. The Morgan fingerprint density at radius 2 is 1.94 bits per heavy atom. The zero-order valence-electron chi connectivity index (χ0n) is 19.6. The number of rotatable bonds is 7. The van der Waals surface area contributed by atoms with Gasteiger partial charge in [0.1, 0.15) is 4.47 Å². The Labute approximate surface area is 221 Å². The highest BCUT2D eigenvalue weighted by Gasteiger charge is 2.60. The molecule has 2 aromatic heterocycles. The summed E-state index contributed by atoms with van der Waals surface area (Å²) in [6, 6.07) is 9.43.